The van der Waals surface area contributed by atoms with Gasteiger partial charge in [-0.2, -0.15) is 0 Å². The third-order valence-corrected chi connectivity index (χ3v) is 3.78. The fraction of sp³-hybridized carbons (Fsp3) is 0.562. The van der Waals surface area contributed by atoms with Gasteiger partial charge in [-0.1, -0.05) is 20.8 Å². The van der Waals surface area contributed by atoms with Crippen molar-refractivity contribution in [2.75, 3.05) is 14.2 Å². The van der Waals surface area contributed by atoms with Crippen molar-refractivity contribution in [2.45, 2.75) is 39.5 Å². The maximum Gasteiger partial charge on any atom is 0.164 e. The minimum atomic E-state index is 0.219. The summed E-state index contributed by atoms with van der Waals surface area (Å²) in [4.78, 5) is 12.2. The molecule has 1 aromatic rings. The van der Waals surface area contributed by atoms with Gasteiger partial charge in [0.25, 0.3) is 0 Å². The Hall–Kier alpha value is -1.51. The molecule has 0 unspecified atom stereocenters. The van der Waals surface area contributed by atoms with E-state index in [0.29, 0.717) is 24.0 Å². The van der Waals surface area contributed by atoms with E-state index < -0.39 is 0 Å². The van der Waals surface area contributed by atoms with E-state index in [1.807, 2.05) is 6.07 Å². The summed E-state index contributed by atoms with van der Waals surface area (Å²) in [6.45, 7) is 6.38. The topological polar surface area (TPSA) is 35.5 Å². The highest BCUT2D eigenvalue weighted by atomic mass is 16.5. The van der Waals surface area contributed by atoms with Gasteiger partial charge in [-0.05, 0) is 29.9 Å². The van der Waals surface area contributed by atoms with Gasteiger partial charge in [0.15, 0.2) is 17.3 Å². The standard InChI is InChI=1S/C16H22O3/c1-9(2)15-12-6-10(3)7-13(17)11(12)8-14(18-4)16(15)19-5/h8-10H,6-7H2,1-5H3/t10-/m1/s1. The van der Waals surface area contributed by atoms with Crippen molar-refractivity contribution in [3.05, 3.63) is 22.8 Å². The highest BCUT2D eigenvalue weighted by molar-refractivity contribution is 6.00. The summed E-state index contributed by atoms with van der Waals surface area (Å²) in [6, 6.07) is 1.84. The van der Waals surface area contributed by atoms with Crippen molar-refractivity contribution in [3.63, 3.8) is 0 Å². The number of ether oxygens (including phenoxy) is 2. The third-order valence-electron chi connectivity index (χ3n) is 3.78. The molecule has 3 heteroatoms. The second-order valence-corrected chi connectivity index (χ2v) is 5.64. The summed E-state index contributed by atoms with van der Waals surface area (Å²) in [6.07, 6.45) is 1.56. The van der Waals surface area contributed by atoms with Crippen molar-refractivity contribution < 1.29 is 14.3 Å². The van der Waals surface area contributed by atoms with E-state index in [4.69, 9.17) is 9.47 Å². The van der Waals surface area contributed by atoms with E-state index in [0.717, 1.165) is 28.9 Å². The molecule has 0 fully saturated rings. The predicted octanol–water partition coefficient (Wildman–Crippen LogP) is 3.59. The van der Waals surface area contributed by atoms with Gasteiger partial charge < -0.3 is 9.47 Å². The molecule has 0 radical (unpaired) electrons. The highest BCUT2D eigenvalue weighted by Gasteiger charge is 2.29. The second-order valence-electron chi connectivity index (χ2n) is 5.64. The number of carbonyl (C=O) groups excluding carboxylic acids is 1. The van der Waals surface area contributed by atoms with E-state index in [-0.39, 0.29) is 5.78 Å². The SMILES string of the molecule is COc1cc2c(c(C(C)C)c1OC)C[C@@H](C)CC2=O. The Morgan fingerprint density at radius 2 is 1.89 bits per heavy atom. The van der Waals surface area contributed by atoms with E-state index in [1.54, 1.807) is 14.2 Å². The molecule has 2 rings (SSSR count). The van der Waals surface area contributed by atoms with Crippen LogP contribution in [0, 0.1) is 5.92 Å². The van der Waals surface area contributed by atoms with Gasteiger partial charge in [0.1, 0.15) is 0 Å². The van der Waals surface area contributed by atoms with Crippen LogP contribution in [-0.4, -0.2) is 20.0 Å². The fourth-order valence-corrected chi connectivity index (χ4v) is 2.99. The summed E-state index contributed by atoms with van der Waals surface area (Å²) in [5, 5.41) is 0. The van der Waals surface area contributed by atoms with Crippen LogP contribution in [0.3, 0.4) is 0 Å². The maximum atomic E-state index is 12.2. The first-order valence-corrected chi connectivity index (χ1v) is 6.80. The Morgan fingerprint density at radius 1 is 1.21 bits per heavy atom. The molecule has 0 bridgehead atoms. The van der Waals surface area contributed by atoms with E-state index in [2.05, 4.69) is 20.8 Å². The first kappa shape index (κ1) is 13.9. The lowest BCUT2D eigenvalue weighted by atomic mass is 9.79. The van der Waals surface area contributed by atoms with Crippen LogP contribution in [0.25, 0.3) is 0 Å². The van der Waals surface area contributed by atoms with Crippen LogP contribution >= 0.6 is 0 Å². The zero-order chi connectivity index (χ0) is 14.2. The molecule has 0 saturated carbocycles. The molecule has 3 nitrogen and oxygen atoms in total. The molecule has 104 valence electrons. The van der Waals surface area contributed by atoms with Crippen molar-refractivity contribution in [1.29, 1.82) is 0 Å². The van der Waals surface area contributed by atoms with Crippen molar-refractivity contribution in [1.82, 2.24) is 0 Å². The molecule has 0 spiro atoms. The average molecular weight is 262 g/mol. The summed E-state index contributed by atoms with van der Waals surface area (Å²) in [5.41, 5.74) is 3.09. The molecule has 1 atom stereocenters. The molecule has 0 heterocycles. The predicted molar refractivity (Wildman–Crippen MR) is 75.5 cm³/mol. The molecule has 0 N–H and O–H groups in total. The van der Waals surface area contributed by atoms with E-state index >= 15 is 0 Å². The van der Waals surface area contributed by atoms with Crippen molar-refractivity contribution >= 4 is 5.78 Å². The monoisotopic (exact) mass is 262 g/mol. The van der Waals surface area contributed by atoms with Crippen LogP contribution in [0.2, 0.25) is 0 Å². The summed E-state index contributed by atoms with van der Waals surface area (Å²) in [5.74, 6) is 2.36. The van der Waals surface area contributed by atoms with Gasteiger partial charge in [-0.3, -0.25) is 4.79 Å². The number of rotatable bonds is 3. The molecular formula is C16H22O3. The number of hydrogen-bond acceptors (Lipinski definition) is 3. The second kappa shape index (κ2) is 5.24. The first-order chi connectivity index (χ1) is 8.99. The zero-order valence-corrected chi connectivity index (χ0v) is 12.4. The summed E-state index contributed by atoms with van der Waals surface area (Å²) in [7, 11) is 3.27. The Morgan fingerprint density at radius 3 is 2.42 bits per heavy atom. The number of benzene rings is 1. The number of methoxy groups -OCH3 is 2. The minimum absolute atomic E-state index is 0.219. The van der Waals surface area contributed by atoms with Gasteiger partial charge >= 0.3 is 0 Å². The average Bonchev–Trinajstić information content (AvgIpc) is 2.36. The molecule has 0 saturated heterocycles. The number of ketones is 1. The van der Waals surface area contributed by atoms with Crippen LogP contribution < -0.4 is 9.47 Å². The molecule has 1 aliphatic carbocycles. The van der Waals surface area contributed by atoms with Crippen LogP contribution in [0.1, 0.15) is 54.6 Å². The Kier molecular flexibility index (Phi) is 3.83. The highest BCUT2D eigenvalue weighted by Crippen LogP contribution is 2.43. The lowest BCUT2D eigenvalue weighted by molar-refractivity contribution is 0.0952. The maximum absolute atomic E-state index is 12.2. The van der Waals surface area contributed by atoms with Crippen LogP contribution in [-0.2, 0) is 6.42 Å². The Labute approximate surface area is 114 Å². The summed E-state index contributed by atoms with van der Waals surface area (Å²) < 4.78 is 10.9. The largest absolute Gasteiger partial charge is 0.493 e. The molecule has 0 amide bonds. The molecule has 1 aliphatic rings. The number of Topliss-reactive ketones (excluding diaryl/α,β-unsaturated/α-hetero) is 1. The molecule has 19 heavy (non-hydrogen) atoms. The number of hydrogen-bond donors (Lipinski definition) is 0. The fourth-order valence-electron chi connectivity index (χ4n) is 2.99. The van der Waals surface area contributed by atoms with Crippen molar-refractivity contribution in [2.24, 2.45) is 5.92 Å². The first-order valence-electron chi connectivity index (χ1n) is 6.80. The van der Waals surface area contributed by atoms with Gasteiger partial charge in [0.2, 0.25) is 0 Å². The number of fused-ring (bicyclic) bond motifs is 1. The van der Waals surface area contributed by atoms with E-state index in [9.17, 15) is 4.79 Å². The van der Waals surface area contributed by atoms with Gasteiger partial charge in [-0.15, -0.1) is 0 Å². The van der Waals surface area contributed by atoms with Gasteiger partial charge in [-0.25, -0.2) is 0 Å². The molecular weight excluding hydrogens is 240 g/mol. The molecule has 0 aliphatic heterocycles. The molecule has 1 aromatic carbocycles. The quantitative estimate of drug-likeness (QED) is 0.835. The zero-order valence-electron chi connectivity index (χ0n) is 12.4. The van der Waals surface area contributed by atoms with Crippen LogP contribution in [0.15, 0.2) is 6.07 Å². The molecule has 0 aromatic heterocycles. The normalized spacial score (nSPS) is 18.4. The van der Waals surface area contributed by atoms with E-state index in [1.165, 1.54) is 0 Å². The lowest BCUT2D eigenvalue weighted by Crippen LogP contribution is -2.21. The number of carbonyl (C=O) groups is 1. The Bertz CT molecular complexity index is 503. The summed E-state index contributed by atoms with van der Waals surface area (Å²) >= 11 is 0. The third kappa shape index (κ3) is 2.34. The van der Waals surface area contributed by atoms with Crippen molar-refractivity contribution in [3.8, 4) is 11.5 Å². The Balaban J connectivity index is 2.73. The minimum Gasteiger partial charge on any atom is -0.493 e. The smallest absolute Gasteiger partial charge is 0.164 e. The van der Waals surface area contributed by atoms with Gasteiger partial charge in [0.05, 0.1) is 14.2 Å². The lowest BCUT2D eigenvalue weighted by Gasteiger charge is -2.27. The van der Waals surface area contributed by atoms with Gasteiger partial charge in [0, 0.05) is 17.5 Å². The van der Waals surface area contributed by atoms with Crippen LogP contribution in [0.5, 0.6) is 11.5 Å². The van der Waals surface area contributed by atoms with Crippen LogP contribution in [0.4, 0.5) is 0 Å².